The molecule has 0 N–H and O–H groups in total. The Morgan fingerprint density at radius 2 is 1.93 bits per heavy atom. The van der Waals surface area contributed by atoms with Crippen LogP contribution in [0.1, 0.15) is 28.8 Å². The van der Waals surface area contributed by atoms with Crippen LogP contribution in [0.25, 0.3) is 0 Å². The number of carbonyl (C=O) groups is 1. The van der Waals surface area contributed by atoms with E-state index in [1.165, 1.54) is 26.3 Å². The molecule has 0 saturated carbocycles. The van der Waals surface area contributed by atoms with Gasteiger partial charge >= 0.3 is 0 Å². The van der Waals surface area contributed by atoms with Crippen molar-refractivity contribution < 1.29 is 22.8 Å². The van der Waals surface area contributed by atoms with Crippen LogP contribution >= 0.6 is 0 Å². The Morgan fingerprint density at radius 1 is 1.17 bits per heavy atom. The van der Waals surface area contributed by atoms with Gasteiger partial charge in [0.15, 0.2) is 0 Å². The summed E-state index contributed by atoms with van der Waals surface area (Å²) in [4.78, 5) is 19.8. The maximum atomic E-state index is 13.3. The molecular formula is C21H26N2O5S. The second-order valence-electron chi connectivity index (χ2n) is 6.93. The summed E-state index contributed by atoms with van der Waals surface area (Å²) in [6.07, 6.45) is 1.88. The van der Waals surface area contributed by atoms with Crippen molar-refractivity contribution in [3.63, 3.8) is 0 Å². The van der Waals surface area contributed by atoms with E-state index in [0.29, 0.717) is 25.3 Å². The fraction of sp³-hybridized carbons (Fsp3) is 0.381. The molecule has 0 aliphatic carbocycles. The van der Waals surface area contributed by atoms with Crippen molar-refractivity contribution in [3.8, 4) is 0 Å². The lowest BCUT2D eigenvalue weighted by Gasteiger charge is -2.26. The van der Waals surface area contributed by atoms with Gasteiger partial charge in [-0.2, -0.15) is 0 Å². The summed E-state index contributed by atoms with van der Waals surface area (Å²) >= 11 is 0. The van der Waals surface area contributed by atoms with Crippen LogP contribution < -0.4 is 0 Å². The fourth-order valence-corrected chi connectivity index (χ4v) is 4.30. The molecule has 1 fully saturated rings. The van der Waals surface area contributed by atoms with Crippen LogP contribution in [0.3, 0.4) is 0 Å². The van der Waals surface area contributed by atoms with E-state index in [1.54, 1.807) is 17.0 Å². The minimum atomic E-state index is -3.84. The number of carbonyl (C=O) groups excluding carboxylic acids is 1. The van der Waals surface area contributed by atoms with Gasteiger partial charge in [0.25, 0.3) is 15.9 Å². The monoisotopic (exact) mass is 418 g/mol. The molecule has 2 aromatic rings. The summed E-state index contributed by atoms with van der Waals surface area (Å²) in [5.74, 6) is -0.235. The van der Waals surface area contributed by atoms with Crippen molar-refractivity contribution >= 4 is 15.9 Å². The molecule has 1 aliphatic heterocycles. The van der Waals surface area contributed by atoms with E-state index in [0.717, 1.165) is 22.9 Å². The third kappa shape index (κ3) is 5.22. The first-order valence-electron chi connectivity index (χ1n) is 9.49. The highest BCUT2D eigenvalue weighted by atomic mass is 32.2. The molecule has 0 spiro atoms. The molecule has 1 unspecified atom stereocenters. The molecule has 1 amide bonds. The predicted molar refractivity (Wildman–Crippen MR) is 109 cm³/mol. The maximum Gasteiger partial charge on any atom is 0.264 e. The summed E-state index contributed by atoms with van der Waals surface area (Å²) in [6.45, 7) is 1.59. The number of hydrogen-bond acceptors (Lipinski definition) is 5. The Morgan fingerprint density at radius 3 is 2.59 bits per heavy atom. The van der Waals surface area contributed by atoms with Crippen LogP contribution in [-0.4, -0.2) is 57.1 Å². The smallest absolute Gasteiger partial charge is 0.264 e. The first kappa shape index (κ1) is 21.4. The van der Waals surface area contributed by atoms with Crippen molar-refractivity contribution in [3.05, 3.63) is 65.7 Å². The SMILES string of the molecule is CON(C)S(=O)(=O)c1cccc(C(=O)N(Cc2ccccc2)CC2CCCO2)c1. The summed E-state index contributed by atoms with van der Waals surface area (Å²) in [6, 6.07) is 15.7. The number of sulfonamides is 1. The quantitative estimate of drug-likeness (QED) is 0.616. The lowest BCUT2D eigenvalue weighted by molar-refractivity contribution is -0.0258. The lowest BCUT2D eigenvalue weighted by atomic mass is 10.1. The van der Waals surface area contributed by atoms with Crippen molar-refractivity contribution in [2.45, 2.75) is 30.4 Å². The molecule has 0 aromatic heterocycles. The third-order valence-corrected chi connectivity index (χ3v) is 6.60. The zero-order chi connectivity index (χ0) is 20.9. The first-order chi connectivity index (χ1) is 13.9. The van der Waals surface area contributed by atoms with E-state index >= 15 is 0 Å². The number of amides is 1. The second kappa shape index (κ2) is 9.49. The Bertz CT molecular complexity index is 927. The Labute approximate surface area is 171 Å². The molecule has 2 aromatic carbocycles. The highest BCUT2D eigenvalue weighted by molar-refractivity contribution is 7.89. The van der Waals surface area contributed by atoms with Gasteiger partial charge in [0.05, 0.1) is 18.1 Å². The van der Waals surface area contributed by atoms with Gasteiger partial charge in [-0.05, 0) is 36.6 Å². The van der Waals surface area contributed by atoms with Crippen molar-refractivity contribution in [1.82, 2.24) is 9.37 Å². The molecule has 8 heteroatoms. The van der Waals surface area contributed by atoms with Crippen molar-refractivity contribution in [2.24, 2.45) is 0 Å². The molecule has 29 heavy (non-hydrogen) atoms. The van der Waals surface area contributed by atoms with Crippen molar-refractivity contribution in [1.29, 1.82) is 0 Å². The standard InChI is InChI=1S/C21H26N2O5S/c1-22(27-2)29(25,26)20-12-6-10-18(14-20)21(24)23(16-19-11-7-13-28-19)15-17-8-4-3-5-9-17/h3-6,8-10,12,14,19H,7,11,13,15-16H2,1-2H3. The Balaban J connectivity index is 1.87. The minimum Gasteiger partial charge on any atom is -0.376 e. The van der Waals surface area contributed by atoms with Gasteiger partial charge in [0.1, 0.15) is 0 Å². The average molecular weight is 419 g/mol. The molecule has 1 saturated heterocycles. The molecular weight excluding hydrogens is 392 g/mol. The van der Waals surface area contributed by atoms with E-state index in [2.05, 4.69) is 0 Å². The van der Waals surface area contributed by atoms with E-state index < -0.39 is 10.0 Å². The molecule has 7 nitrogen and oxygen atoms in total. The van der Waals surface area contributed by atoms with E-state index in [1.807, 2.05) is 30.3 Å². The van der Waals surface area contributed by atoms with Gasteiger partial charge in [0.2, 0.25) is 0 Å². The third-order valence-electron chi connectivity index (χ3n) is 4.93. The second-order valence-corrected chi connectivity index (χ2v) is 8.87. The molecule has 0 bridgehead atoms. The van der Waals surface area contributed by atoms with Crippen LogP contribution in [0.4, 0.5) is 0 Å². The van der Waals surface area contributed by atoms with Crippen LogP contribution in [0.15, 0.2) is 59.5 Å². The maximum absolute atomic E-state index is 13.3. The van der Waals surface area contributed by atoms with E-state index in [-0.39, 0.29) is 16.9 Å². The summed E-state index contributed by atoms with van der Waals surface area (Å²) in [7, 11) is -1.25. The Kier molecular flexibility index (Phi) is 7.02. The predicted octanol–water partition coefficient (Wildman–Crippen LogP) is 2.69. The largest absolute Gasteiger partial charge is 0.376 e. The van der Waals surface area contributed by atoms with Gasteiger partial charge in [-0.3, -0.25) is 9.63 Å². The normalized spacial score (nSPS) is 16.9. The van der Waals surface area contributed by atoms with E-state index in [4.69, 9.17) is 9.57 Å². The van der Waals surface area contributed by atoms with E-state index in [9.17, 15) is 13.2 Å². The summed E-state index contributed by atoms with van der Waals surface area (Å²) in [5.41, 5.74) is 1.31. The average Bonchev–Trinajstić information content (AvgIpc) is 3.26. The highest BCUT2D eigenvalue weighted by Crippen LogP contribution is 2.20. The van der Waals surface area contributed by atoms with Gasteiger partial charge in [0, 0.05) is 32.3 Å². The Hall–Kier alpha value is -2.26. The topological polar surface area (TPSA) is 76.2 Å². The fourth-order valence-electron chi connectivity index (χ4n) is 3.28. The van der Waals surface area contributed by atoms with Crippen LogP contribution in [-0.2, 0) is 26.1 Å². The molecule has 0 radical (unpaired) electrons. The number of ether oxygens (including phenoxy) is 1. The number of rotatable bonds is 8. The lowest BCUT2D eigenvalue weighted by Crippen LogP contribution is -2.37. The highest BCUT2D eigenvalue weighted by Gasteiger charge is 2.26. The van der Waals surface area contributed by atoms with Crippen LogP contribution in [0.5, 0.6) is 0 Å². The number of benzene rings is 2. The van der Waals surface area contributed by atoms with Gasteiger partial charge in [-0.1, -0.05) is 40.9 Å². The zero-order valence-electron chi connectivity index (χ0n) is 16.7. The first-order valence-corrected chi connectivity index (χ1v) is 10.9. The number of hydroxylamine groups is 1. The van der Waals surface area contributed by atoms with Crippen LogP contribution in [0, 0.1) is 0 Å². The molecule has 1 aliphatic rings. The summed E-state index contributed by atoms with van der Waals surface area (Å²) < 4.78 is 31.6. The molecule has 1 heterocycles. The number of hydrogen-bond donors (Lipinski definition) is 0. The molecule has 1 atom stereocenters. The van der Waals surface area contributed by atoms with Gasteiger partial charge in [-0.15, -0.1) is 0 Å². The van der Waals surface area contributed by atoms with Gasteiger partial charge < -0.3 is 9.64 Å². The number of nitrogens with zero attached hydrogens (tertiary/aromatic N) is 2. The minimum absolute atomic E-state index is 0.00415. The van der Waals surface area contributed by atoms with Crippen LogP contribution in [0.2, 0.25) is 0 Å². The van der Waals surface area contributed by atoms with Crippen molar-refractivity contribution in [2.75, 3.05) is 27.3 Å². The molecule has 3 rings (SSSR count). The zero-order valence-corrected chi connectivity index (χ0v) is 17.5. The summed E-state index contributed by atoms with van der Waals surface area (Å²) in [5, 5.41) is 0. The van der Waals surface area contributed by atoms with Gasteiger partial charge in [-0.25, -0.2) is 8.42 Å². The molecule has 156 valence electrons.